The zero-order valence-electron chi connectivity index (χ0n) is 24.7. The van der Waals surface area contributed by atoms with E-state index in [0.29, 0.717) is 12.0 Å². The predicted octanol–water partition coefficient (Wildman–Crippen LogP) is 5.85. The Balaban J connectivity index is 3.08. The van der Waals surface area contributed by atoms with Gasteiger partial charge in [-0.1, -0.05) is 78.2 Å². The molecule has 1 aliphatic carbocycles. The predicted molar refractivity (Wildman–Crippen MR) is 160 cm³/mol. The minimum absolute atomic E-state index is 0.182. The Kier molecular flexibility index (Phi) is 10.8. The number of rotatable bonds is 11. The number of nitrogens with zero attached hydrogens (tertiary/aromatic N) is 1. The summed E-state index contributed by atoms with van der Waals surface area (Å²) >= 11 is 0. The Hall–Kier alpha value is -2.62. The van der Waals surface area contributed by atoms with Crippen LogP contribution in [0.3, 0.4) is 0 Å². The molecular formula is C31H45NO4Si2. The second-order valence-electron chi connectivity index (χ2n) is 10.7. The van der Waals surface area contributed by atoms with E-state index in [9.17, 15) is 14.9 Å². The summed E-state index contributed by atoms with van der Waals surface area (Å²) in [6.45, 7) is 17.5. The van der Waals surface area contributed by atoms with Gasteiger partial charge >= 0.3 is 11.9 Å². The molecule has 0 aliphatic heterocycles. The largest absolute Gasteiger partial charge is 0.468 e. The van der Waals surface area contributed by atoms with Gasteiger partial charge in [0.15, 0.2) is 5.41 Å². The molecule has 0 atom stereocenters. The van der Waals surface area contributed by atoms with E-state index in [-0.39, 0.29) is 12.8 Å². The van der Waals surface area contributed by atoms with Gasteiger partial charge in [0, 0.05) is 30.4 Å². The highest BCUT2D eigenvalue weighted by molar-refractivity contribution is 6.92. The summed E-state index contributed by atoms with van der Waals surface area (Å²) in [5, 5.41) is 10.9. The molecule has 206 valence electrons. The van der Waals surface area contributed by atoms with E-state index in [1.54, 1.807) is 0 Å². The van der Waals surface area contributed by atoms with Crippen molar-refractivity contribution in [2.24, 2.45) is 5.41 Å². The van der Waals surface area contributed by atoms with Crippen molar-refractivity contribution in [1.29, 1.82) is 5.26 Å². The lowest BCUT2D eigenvalue weighted by Gasteiger charge is -2.32. The van der Waals surface area contributed by atoms with Crippen LogP contribution >= 0.6 is 0 Å². The Morgan fingerprint density at radius 1 is 0.921 bits per heavy atom. The van der Waals surface area contributed by atoms with Crippen LogP contribution in [0.25, 0.3) is 0 Å². The van der Waals surface area contributed by atoms with Gasteiger partial charge in [-0.2, -0.15) is 5.26 Å². The molecule has 0 heterocycles. The average Bonchev–Trinajstić information content (AvgIpc) is 3.37. The second kappa shape index (κ2) is 13.0. The third-order valence-corrected chi connectivity index (χ3v) is 19.7. The zero-order chi connectivity index (χ0) is 28.7. The third kappa shape index (κ3) is 5.56. The molecule has 0 saturated heterocycles. The van der Waals surface area contributed by atoms with Crippen LogP contribution in [0.4, 0.5) is 0 Å². The fourth-order valence-electron chi connectivity index (χ4n) is 6.20. The third-order valence-electron chi connectivity index (χ3n) is 9.40. The van der Waals surface area contributed by atoms with Gasteiger partial charge in [-0.15, -0.1) is 5.54 Å². The van der Waals surface area contributed by atoms with Crippen LogP contribution in [0.1, 0.15) is 63.8 Å². The molecule has 1 aromatic rings. The number of carbonyl (C=O) groups excluding carboxylic acids is 2. The van der Waals surface area contributed by atoms with Crippen LogP contribution in [0, 0.1) is 28.2 Å². The van der Waals surface area contributed by atoms with Crippen molar-refractivity contribution in [3.05, 3.63) is 40.5 Å². The molecule has 7 heteroatoms. The van der Waals surface area contributed by atoms with Gasteiger partial charge in [0.25, 0.3) is 0 Å². The first-order chi connectivity index (χ1) is 18.1. The van der Waals surface area contributed by atoms with Crippen LogP contribution in [0.2, 0.25) is 36.3 Å². The average molecular weight is 552 g/mol. The lowest BCUT2D eigenvalue weighted by molar-refractivity contribution is -0.168. The summed E-state index contributed by atoms with van der Waals surface area (Å²) in [6, 6.07) is 10.9. The Morgan fingerprint density at radius 3 is 1.84 bits per heavy atom. The molecule has 0 spiro atoms. The van der Waals surface area contributed by atoms with E-state index in [4.69, 9.17) is 9.47 Å². The van der Waals surface area contributed by atoms with E-state index < -0.39 is 33.5 Å². The monoisotopic (exact) mass is 551 g/mol. The van der Waals surface area contributed by atoms with Crippen LogP contribution in [-0.2, 0) is 38.3 Å². The maximum atomic E-state index is 13.2. The highest BCUT2D eigenvalue weighted by Gasteiger charge is 2.54. The van der Waals surface area contributed by atoms with Crippen LogP contribution in [0.15, 0.2) is 18.2 Å². The second-order valence-corrected chi connectivity index (χ2v) is 20.8. The first-order valence-electron chi connectivity index (χ1n) is 14.0. The lowest BCUT2D eigenvalue weighted by Crippen LogP contribution is -2.48. The first kappa shape index (κ1) is 31.6. The van der Waals surface area contributed by atoms with Gasteiger partial charge in [-0.3, -0.25) is 9.59 Å². The van der Waals surface area contributed by atoms with Gasteiger partial charge in [0.05, 0.1) is 28.4 Å². The number of benzene rings is 1. The summed E-state index contributed by atoms with van der Waals surface area (Å²) in [6.07, 6.45) is 0.769. The van der Waals surface area contributed by atoms with E-state index in [2.05, 4.69) is 71.7 Å². The van der Waals surface area contributed by atoms with Crippen molar-refractivity contribution < 1.29 is 19.1 Å². The normalized spacial score (nSPS) is 14.1. The molecule has 1 aromatic carbocycles. The Labute approximate surface area is 232 Å². The number of carbonyl (C=O) groups is 2. The van der Waals surface area contributed by atoms with Gasteiger partial charge in [-0.05, 0) is 40.0 Å². The lowest BCUT2D eigenvalue weighted by atomic mass is 9.84. The molecule has 0 amide bonds. The van der Waals surface area contributed by atoms with E-state index in [1.807, 2.05) is 0 Å². The number of esters is 2. The van der Waals surface area contributed by atoms with E-state index in [1.165, 1.54) is 19.4 Å². The van der Waals surface area contributed by atoms with E-state index >= 15 is 0 Å². The minimum atomic E-state index is -1.95. The number of methoxy groups -OCH3 is 2. The van der Waals surface area contributed by atoms with Crippen molar-refractivity contribution in [2.45, 2.75) is 97.1 Å². The Bertz CT molecular complexity index is 1140. The summed E-state index contributed by atoms with van der Waals surface area (Å²) in [7, 11) is -1.09. The number of hydrogen-bond acceptors (Lipinski definition) is 5. The number of fused-ring (bicyclic) bond motifs is 1. The van der Waals surface area contributed by atoms with Gasteiger partial charge in [0.2, 0.25) is 0 Å². The molecule has 2 rings (SSSR count). The van der Waals surface area contributed by atoms with Gasteiger partial charge in [0.1, 0.15) is 8.07 Å². The molecule has 0 fully saturated rings. The molecule has 38 heavy (non-hydrogen) atoms. The van der Waals surface area contributed by atoms with Gasteiger partial charge in [-0.25, -0.2) is 0 Å². The molecule has 0 aromatic heterocycles. The van der Waals surface area contributed by atoms with Crippen molar-refractivity contribution in [1.82, 2.24) is 0 Å². The number of hydrogen-bond donors (Lipinski definition) is 0. The van der Waals surface area contributed by atoms with Crippen molar-refractivity contribution >= 4 is 33.3 Å². The summed E-state index contributed by atoms with van der Waals surface area (Å²) < 4.78 is 10.3. The SMILES string of the molecule is C=C(C#N)Cc1cc([Si](CC)(CC)CC)c(C#C[Si](CC)(CC)CC)c2c1CC(C(=O)OC)(C(=O)OC)C2. The fourth-order valence-corrected chi connectivity index (χ4v) is 12.5. The highest BCUT2D eigenvalue weighted by Crippen LogP contribution is 2.43. The molecular weight excluding hydrogens is 507 g/mol. The van der Waals surface area contributed by atoms with Crippen molar-refractivity contribution in [2.75, 3.05) is 14.2 Å². The number of ether oxygens (including phenoxy) is 2. The number of nitriles is 1. The van der Waals surface area contributed by atoms with Crippen LogP contribution < -0.4 is 5.19 Å². The maximum absolute atomic E-state index is 13.2. The van der Waals surface area contributed by atoms with Crippen LogP contribution in [-0.4, -0.2) is 42.3 Å². The standard InChI is InChI=1S/C31H45NO4Si2/c1-10-37(11-2,12-3)17-16-25-27-21-31(29(33)35-8,30(34)36-9)20-26(27)24(18-23(7)22-32)19-28(25)38(13-4,14-5)15-6/h19H,7,10-15,18,20-21H2,1-6,8-9H3. The molecule has 0 bridgehead atoms. The van der Waals surface area contributed by atoms with Gasteiger partial charge < -0.3 is 9.47 Å². The molecule has 0 radical (unpaired) electrons. The molecule has 0 unspecified atom stereocenters. The molecule has 5 nitrogen and oxygen atoms in total. The summed E-state index contributed by atoms with van der Waals surface area (Å²) in [5.41, 5.74) is 6.69. The highest BCUT2D eigenvalue weighted by atomic mass is 28.3. The molecule has 0 N–H and O–H groups in total. The number of allylic oxidation sites excluding steroid dienone is 1. The van der Waals surface area contributed by atoms with Crippen molar-refractivity contribution in [3.8, 4) is 17.5 Å². The molecule has 1 aliphatic rings. The maximum Gasteiger partial charge on any atom is 0.323 e. The summed E-state index contributed by atoms with van der Waals surface area (Å²) in [4.78, 5) is 26.4. The topological polar surface area (TPSA) is 76.4 Å². The van der Waals surface area contributed by atoms with Crippen LogP contribution in [0.5, 0.6) is 0 Å². The van der Waals surface area contributed by atoms with Crippen molar-refractivity contribution in [3.63, 3.8) is 0 Å². The smallest absolute Gasteiger partial charge is 0.323 e. The minimum Gasteiger partial charge on any atom is -0.468 e. The summed E-state index contributed by atoms with van der Waals surface area (Å²) in [5.74, 6) is 2.54. The molecule has 0 saturated carbocycles. The fraction of sp³-hybridized carbons (Fsp3) is 0.581. The van der Waals surface area contributed by atoms with E-state index in [0.717, 1.165) is 58.5 Å². The quantitative estimate of drug-likeness (QED) is 0.113. The first-order valence-corrected chi connectivity index (χ1v) is 19.3. The zero-order valence-corrected chi connectivity index (χ0v) is 26.7. The Morgan fingerprint density at radius 2 is 1.42 bits per heavy atom.